The zero-order chi connectivity index (χ0) is 11.0. The Morgan fingerprint density at radius 3 is 3.00 bits per heavy atom. The zero-order valence-electron chi connectivity index (χ0n) is 8.82. The van der Waals surface area contributed by atoms with E-state index >= 15 is 0 Å². The normalized spacial score (nSPS) is 25.1. The molecular weight excluding hydrogens is 224 g/mol. The van der Waals surface area contributed by atoms with Crippen molar-refractivity contribution in [1.29, 1.82) is 0 Å². The molecule has 86 valence electrons. The molecule has 1 fully saturated rings. The number of thioether (sulfide) groups is 1. The molecule has 0 aliphatic carbocycles. The monoisotopic (exact) mass is 238 g/mol. The second kappa shape index (κ2) is 4.12. The number of rotatable bonds is 1. The number of nitrogens with one attached hydrogen (secondary N) is 3. The maximum Gasteiger partial charge on any atom is 0.250 e. The van der Waals surface area contributed by atoms with Gasteiger partial charge in [-0.25, -0.2) is 0 Å². The van der Waals surface area contributed by atoms with Crippen LogP contribution < -0.4 is 16.2 Å². The number of aromatic amines is 1. The van der Waals surface area contributed by atoms with Crippen LogP contribution in [0.1, 0.15) is 0 Å². The van der Waals surface area contributed by atoms with Crippen molar-refractivity contribution in [2.75, 3.05) is 31.5 Å². The van der Waals surface area contributed by atoms with Gasteiger partial charge in [0.1, 0.15) is 5.50 Å². The average Bonchev–Trinajstić information content (AvgIpc) is 2.73. The van der Waals surface area contributed by atoms with Crippen LogP contribution in [0.3, 0.4) is 0 Å². The Kier molecular flexibility index (Phi) is 2.62. The van der Waals surface area contributed by atoms with Gasteiger partial charge in [-0.3, -0.25) is 9.69 Å². The second-order valence-corrected chi connectivity index (χ2v) is 5.10. The van der Waals surface area contributed by atoms with Crippen molar-refractivity contribution in [3.05, 3.63) is 22.6 Å². The van der Waals surface area contributed by atoms with Crippen molar-refractivity contribution < 1.29 is 0 Å². The van der Waals surface area contributed by atoms with Gasteiger partial charge in [0.25, 0.3) is 0 Å². The fourth-order valence-corrected chi connectivity index (χ4v) is 3.19. The van der Waals surface area contributed by atoms with E-state index in [1.807, 2.05) is 0 Å². The Morgan fingerprint density at radius 2 is 2.19 bits per heavy atom. The topological polar surface area (TPSA) is 60.2 Å². The van der Waals surface area contributed by atoms with Crippen LogP contribution in [0.2, 0.25) is 0 Å². The Bertz CT molecular complexity index is 441. The zero-order valence-corrected chi connectivity index (χ0v) is 9.64. The fourth-order valence-electron chi connectivity index (χ4n) is 2.03. The van der Waals surface area contributed by atoms with Gasteiger partial charge in [-0.05, 0) is 0 Å². The van der Waals surface area contributed by atoms with E-state index in [0.29, 0.717) is 0 Å². The number of nitrogens with zero attached hydrogens (tertiary/aromatic N) is 1. The van der Waals surface area contributed by atoms with E-state index < -0.39 is 0 Å². The van der Waals surface area contributed by atoms with E-state index in [-0.39, 0.29) is 11.1 Å². The minimum Gasteiger partial charge on any atom is -0.360 e. The molecule has 1 aromatic heterocycles. The van der Waals surface area contributed by atoms with Gasteiger partial charge in [0.15, 0.2) is 0 Å². The molecule has 16 heavy (non-hydrogen) atoms. The molecule has 3 N–H and O–H groups in total. The minimum atomic E-state index is -0.0483. The third-order valence-electron chi connectivity index (χ3n) is 2.89. The summed E-state index contributed by atoms with van der Waals surface area (Å²) in [6, 6.07) is 1.63. The van der Waals surface area contributed by atoms with Gasteiger partial charge in [0.2, 0.25) is 5.56 Å². The molecule has 3 rings (SSSR count). The number of hydrogen-bond acceptors (Lipinski definition) is 5. The standard InChI is InChI=1S/C10H14N4OS/c15-9-5-7-8(6-12-9)16-10(13-7)14-3-1-11-2-4-14/h5-6,10-11,13H,1-4H2,(H,12,15). The third kappa shape index (κ3) is 1.83. The van der Waals surface area contributed by atoms with Crippen LogP contribution >= 0.6 is 11.8 Å². The van der Waals surface area contributed by atoms with E-state index in [1.165, 1.54) is 0 Å². The summed E-state index contributed by atoms with van der Waals surface area (Å²) in [5.41, 5.74) is 1.18. The van der Waals surface area contributed by atoms with Crippen LogP contribution in [-0.4, -0.2) is 41.6 Å². The Morgan fingerprint density at radius 1 is 1.38 bits per heavy atom. The van der Waals surface area contributed by atoms with Gasteiger partial charge in [0.05, 0.1) is 10.6 Å². The molecule has 1 saturated heterocycles. The summed E-state index contributed by atoms with van der Waals surface area (Å²) in [6.07, 6.45) is 1.79. The number of fused-ring (bicyclic) bond motifs is 1. The molecule has 0 saturated carbocycles. The molecule has 0 radical (unpaired) electrons. The second-order valence-electron chi connectivity index (χ2n) is 3.98. The maximum atomic E-state index is 11.2. The van der Waals surface area contributed by atoms with Crippen LogP contribution in [0.25, 0.3) is 0 Å². The van der Waals surface area contributed by atoms with E-state index in [0.717, 1.165) is 36.8 Å². The largest absolute Gasteiger partial charge is 0.360 e. The van der Waals surface area contributed by atoms with Crippen molar-refractivity contribution in [2.24, 2.45) is 0 Å². The molecule has 0 amide bonds. The van der Waals surface area contributed by atoms with Gasteiger partial charge < -0.3 is 15.6 Å². The molecule has 5 nitrogen and oxygen atoms in total. The number of aromatic nitrogens is 1. The van der Waals surface area contributed by atoms with Crippen LogP contribution in [0.15, 0.2) is 22.0 Å². The van der Waals surface area contributed by atoms with Crippen LogP contribution in [-0.2, 0) is 0 Å². The lowest BCUT2D eigenvalue weighted by Gasteiger charge is -2.31. The van der Waals surface area contributed by atoms with Gasteiger partial charge in [0, 0.05) is 38.4 Å². The molecule has 1 aromatic rings. The van der Waals surface area contributed by atoms with Gasteiger partial charge in [-0.1, -0.05) is 11.8 Å². The first-order valence-electron chi connectivity index (χ1n) is 5.44. The lowest BCUT2D eigenvalue weighted by molar-refractivity contribution is 0.240. The molecule has 1 unspecified atom stereocenters. The smallest absolute Gasteiger partial charge is 0.250 e. The van der Waals surface area contributed by atoms with E-state index in [9.17, 15) is 4.79 Å². The van der Waals surface area contributed by atoms with E-state index in [4.69, 9.17) is 0 Å². The maximum absolute atomic E-state index is 11.2. The highest BCUT2D eigenvalue weighted by Crippen LogP contribution is 2.38. The highest BCUT2D eigenvalue weighted by molar-refractivity contribution is 8.00. The summed E-state index contributed by atoms with van der Waals surface area (Å²) in [5, 5.41) is 6.72. The lowest BCUT2D eigenvalue weighted by atomic mass is 10.4. The molecule has 0 bridgehead atoms. The Balaban J connectivity index is 1.76. The number of piperazine rings is 1. The molecule has 0 spiro atoms. The molecule has 1 atom stereocenters. The van der Waals surface area contributed by atoms with Gasteiger partial charge in [-0.2, -0.15) is 0 Å². The first-order chi connectivity index (χ1) is 7.83. The highest BCUT2D eigenvalue weighted by Gasteiger charge is 2.27. The first kappa shape index (κ1) is 10.2. The number of H-pyrrole nitrogens is 1. The SMILES string of the molecule is O=c1cc2c(c[nH]1)SC(N1CCNCC1)N2. The molecule has 0 aromatic carbocycles. The summed E-state index contributed by atoms with van der Waals surface area (Å²) < 4.78 is 0. The quantitative estimate of drug-likeness (QED) is 0.647. The first-order valence-corrected chi connectivity index (χ1v) is 6.31. The van der Waals surface area contributed by atoms with Gasteiger partial charge >= 0.3 is 0 Å². The molecular formula is C10H14N4OS. The summed E-state index contributed by atoms with van der Waals surface area (Å²) in [4.78, 5) is 17.4. The van der Waals surface area contributed by atoms with Crippen molar-refractivity contribution in [3.63, 3.8) is 0 Å². The molecule has 6 heteroatoms. The molecule has 3 heterocycles. The fraction of sp³-hybridized carbons (Fsp3) is 0.500. The number of anilines is 1. The van der Waals surface area contributed by atoms with Crippen LogP contribution in [0, 0.1) is 0 Å². The molecule has 2 aliphatic rings. The van der Waals surface area contributed by atoms with Crippen molar-refractivity contribution in [1.82, 2.24) is 15.2 Å². The van der Waals surface area contributed by atoms with Crippen LogP contribution in [0.4, 0.5) is 5.69 Å². The summed E-state index contributed by atoms with van der Waals surface area (Å²) in [6.45, 7) is 4.17. The molecule has 2 aliphatic heterocycles. The lowest BCUT2D eigenvalue weighted by Crippen LogP contribution is -2.48. The predicted molar refractivity (Wildman–Crippen MR) is 64.8 cm³/mol. The minimum absolute atomic E-state index is 0.0483. The van der Waals surface area contributed by atoms with Crippen molar-refractivity contribution in [2.45, 2.75) is 10.4 Å². The third-order valence-corrected chi connectivity index (χ3v) is 4.12. The Hall–Kier alpha value is -0.980. The summed E-state index contributed by atoms with van der Waals surface area (Å²) in [5.74, 6) is 0. The van der Waals surface area contributed by atoms with E-state index in [1.54, 1.807) is 24.0 Å². The average molecular weight is 238 g/mol. The number of pyridine rings is 1. The van der Waals surface area contributed by atoms with Crippen molar-refractivity contribution >= 4 is 17.4 Å². The summed E-state index contributed by atoms with van der Waals surface area (Å²) in [7, 11) is 0. The number of hydrogen-bond donors (Lipinski definition) is 3. The highest BCUT2D eigenvalue weighted by atomic mass is 32.2. The Labute approximate surface area is 97.6 Å². The van der Waals surface area contributed by atoms with Crippen LogP contribution in [0.5, 0.6) is 0 Å². The van der Waals surface area contributed by atoms with E-state index in [2.05, 4.69) is 20.5 Å². The van der Waals surface area contributed by atoms with Crippen molar-refractivity contribution in [3.8, 4) is 0 Å². The predicted octanol–water partition coefficient (Wildman–Crippen LogP) is 0.0813. The summed E-state index contributed by atoms with van der Waals surface area (Å²) >= 11 is 1.77. The van der Waals surface area contributed by atoms with Gasteiger partial charge in [-0.15, -0.1) is 0 Å².